The van der Waals surface area contributed by atoms with Gasteiger partial charge in [-0.25, -0.2) is 0 Å². The van der Waals surface area contributed by atoms with Crippen molar-refractivity contribution in [3.63, 3.8) is 0 Å². The Hall–Kier alpha value is -1.82. The first-order valence-corrected chi connectivity index (χ1v) is 7.53. The molecular formula is C15H10Cl2N2O2S. The normalized spacial score (nSPS) is 16.5. The molecule has 4 nitrogen and oxygen atoms in total. The summed E-state index contributed by atoms with van der Waals surface area (Å²) in [7, 11) is 0. The highest BCUT2D eigenvalue weighted by Crippen LogP contribution is 2.27. The number of carbonyl (C=O) groups is 1. The van der Waals surface area contributed by atoms with Crippen LogP contribution >= 0.6 is 35.4 Å². The number of amides is 1. The third kappa shape index (κ3) is 2.88. The zero-order valence-corrected chi connectivity index (χ0v) is 13.5. The van der Waals surface area contributed by atoms with E-state index >= 15 is 0 Å². The molecule has 0 atom stereocenters. The second-order valence-corrected chi connectivity index (χ2v) is 5.80. The molecule has 0 aliphatic carbocycles. The van der Waals surface area contributed by atoms with E-state index in [1.54, 1.807) is 42.7 Å². The van der Waals surface area contributed by atoms with Crippen LogP contribution in [0.5, 0.6) is 0 Å². The number of benzene rings is 1. The molecule has 1 aromatic heterocycles. The summed E-state index contributed by atoms with van der Waals surface area (Å²) in [4.78, 5) is 13.9. The minimum atomic E-state index is -0.252. The summed E-state index contributed by atoms with van der Waals surface area (Å²) in [5.74, 6) is 0.395. The van der Waals surface area contributed by atoms with Gasteiger partial charge < -0.3 is 9.73 Å². The average Bonchev–Trinajstić information content (AvgIpc) is 3.07. The fourth-order valence-corrected chi connectivity index (χ4v) is 2.83. The molecule has 2 heterocycles. The minimum Gasteiger partial charge on any atom is -0.467 e. The molecule has 0 spiro atoms. The van der Waals surface area contributed by atoms with Crippen molar-refractivity contribution in [2.45, 2.75) is 6.54 Å². The van der Waals surface area contributed by atoms with E-state index in [9.17, 15) is 4.79 Å². The summed E-state index contributed by atoms with van der Waals surface area (Å²) in [6.07, 6.45) is 3.15. The molecule has 0 bridgehead atoms. The van der Waals surface area contributed by atoms with Crippen molar-refractivity contribution < 1.29 is 9.21 Å². The van der Waals surface area contributed by atoms with Crippen LogP contribution in [0.15, 0.2) is 46.7 Å². The van der Waals surface area contributed by atoms with E-state index in [0.29, 0.717) is 32.2 Å². The Labute approximate surface area is 142 Å². The topological polar surface area (TPSA) is 45.5 Å². The Morgan fingerprint density at radius 2 is 1.95 bits per heavy atom. The van der Waals surface area contributed by atoms with Gasteiger partial charge in [-0.3, -0.25) is 9.69 Å². The zero-order valence-electron chi connectivity index (χ0n) is 11.2. The predicted molar refractivity (Wildman–Crippen MR) is 89.4 cm³/mol. The largest absolute Gasteiger partial charge is 0.467 e. The molecule has 112 valence electrons. The third-order valence-electron chi connectivity index (χ3n) is 3.14. The number of hydrogen-bond acceptors (Lipinski definition) is 3. The van der Waals surface area contributed by atoms with Crippen LogP contribution in [0.1, 0.15) is 11.3 Å². The summed E-state index contributed by atoms with van der Waals surface area (Å²) in [6.45, 7) is 0.269. The maximum Gasteiger partial charge on any atom is 0.276 e. The van der Waals surface area contributed by atoms with E-state index in [2.05, 4.69) is 5.32 Å². The summed E-state index contributed by atoms with van der Waals surface area (Å²) < 4.78 is 5.24. The number of thiocarbonyl (C=S) groups is 1. The van der Waals surface area contributed by atoms with Crippen LogP contribution in [-0.4, -0.2) is 15.9 Å². The van der Waals surface area contributed by atoms with Crippen molar-refractivity contribution in [3.8, 4) is 0 Å². The van der Waals surface area contributed by atoms with Gasteiger partial charge in [0.25, 0.3) is 5.91 Å². The van der Waals surface area contributed by atoms with Crippen molar-refractivity contribution in [2.75, 3.05) is 0 Å². The van der Waals surface area contributed by atoms with Gasteiger partial charge in [-0.15, -0.1) is 0 Å². The number of halogens is 2. The van der Waals surface area contributed by atoms with Gasteiger partial charge in [0.1, 0.15) is 11.5 Å². The fraction of sp³-hybridized carbons (Fsp3) is 0.0667. The number of carbonyl (C=O) groups excluding carboxylic acids is 1. The molecule has 1 N–H and O–H groups in total. The molecule has 3 rings (SSSR count). The van der Waals surface area contributed by atoms with Crippen LogP contribution in [0.3, 0.4) is 0 Å². The summed E-state index contributed by atoms with van der Waals surface area (Å²) in [6, 6.07) is 8.69. The first kappa shape index (κ1) is 15.1. The van der Waals surface area contributed by atoms with Gasteiger partial charge >= 0.3 is 0 Å². The maximum absolute atomic E-state index is 12.4. The molecular weight excluding hydrogens is 343 g/mol. The van der Waals surface area contributed by atoms with Gasteiger partial charge in [0.2, 0.25) is 0 Å². The van der Waals surface area contributed by atoms with Gasteiger partial charge in [0.05, 0.1) is 12.8 Å². The molecule has 2 aromatic rings. The zero-order chi connectivity index (χ0) is 15.7. The van der Waals surface area contributed by atoms with Crippen molar-refractivity contribution in [1.82, 2.24) is 10.2 Å². The van der Waals surface area contributed by atoms with Gasteiger partial charge in [-0.1, -0.05) is 29.3 Å². The van der Waals surface area contributed by atoms with E-state index in [1.807, 2.05) is 0 Å². The molecule has 1 amide bonds. The van der Waals surface area contributed by atoms with E-state index in [0.717, 1.165) is 0 Å². The number of hydrogen-bond donors (Lipinski definition) is 1. The SMILES string of the molecule is O=C1/C(=C/c2c(Cl)cccc2Cl)NC(=S)N1Cc1ccco1. The van der Waals surface area contributed by atoms with Crippen LogP contribution in [0.2, 0.25) is 10.0 Å². The standard InChI is InChI=1S/C15H10Cl2N2O2S/c16-11-4-1-5-12(17)10(11)7-13-14(20)19(15(22)18-13)8-9-3-2-6-21-9/h1-7H,8H2,(H,18,22)/b13-7-. The molecule has 1 aliphatic rings. The average molecular weight is 353 g/mol. The van der Waals surface area contributed by atoms with Crippen LogP contribution in [0.4, 0.5) is 0 Å². The Morgan fingerprint density at radius 3 is 2.59 bits per heavy atom. The monoisotopic (exact) mass is 352 g/mol. The highest BCUT2D eigenvalue weighted by molar-refractivity contribution is 7.80. The van der Waals surface area contributed by atoms with Crippen LogP contribution in [0, 0.1) is 0 Å². The van der Waals surface area contributed by atoms with E-state index in [4.69, 9.17) is 39.8 Å². The highest BCUT2D eigenvalue weighted by Gasteiger charge is 2.31. The van der Waals surface area contributed by atoms with Gasteiger partial charge in [-0.2, -0.15) is 0 Å². The lowest BCUT2D eigenvalue weighted by molar-refractivity contribution is -0.122. The summed E-state index contributed by atoms with van der Waals surface area (Å²) in [5, 5.41) is 4.12. The summed E-state index contributed by atoms with van der Waals surface area (Å²) >= 11 is 17.4. The fourth-order valence-electron chi connectivity index (χ4n) is 2.07. The van der Waals surface area contributed by atoms with E-state index < -0.39 is 0 Å². The lowest BCUT2D eigenvalue weighted by Gasteiger charge is -2.11. The van der Waals surface area contributed by atoms with Crippen LogP contribution < -0.4 is 5.32 Å². The molecule has 7 heteroatoms. The quantitative estimate of drug-likeness (QED) is 0.673. The first-order valence-electron chi connectivity index (χ1n) is 6.37. The Bertz CT molecular complexity index is 752. The Morgan fingerprint density at radius 1 is 1.23 bits per heavy atom. The highest BCUT2D eigenvalue weighted by atomic mass is 35.5. The Balaban J connectivity index is 1.89. The second-order valence-electron chi connectivity index (χ2n) is 4.59. The van der Waals surface area contributed by atoms with Gasteiger partial charge in [-0.05, 0) is 42.6 Å². The second kappa shape index (κ2) is 6.12. The van der Waals surface area contributed by atoms with Crippen molar-refractivity contribution in [3.05, 3.63) is 63.7 Å². The maximum atomic E-state index is 12.4. The lowest BCUT2D eigenvalue weighted by Crippen LogP contribution is -2.29. The molecule has 0 unspecified atom stereocenters. The molecule has 1 saturated heterocycles. The Kier molecular flexibility index (Phi) is 4.20. The molecule has 22 heavy (non-hydrogen) atoms. The van der Waals surface area contributed by atoms with E-state index in [-0.39, 0.29) is 12.5 Å². The molecule has 1 fully saturated rings. The predicted octanol–water partition coefficient (Wildman–Crippen LogP) is 3.84. The number of nitrogens with zero attached hydrogens (tertiary/aromatic N) is 1. The molecule has 1 aliphatic heterocycles. The lowest BCUT2D eigenvalue weighted by atomic mass is 10.2. The molecule has 1 aromatic carbocycles. The number of rotatable bonds is 3. The first-order chi connectivity index (χ1) is 10.6. The van der Waals surface area contributed by atoms with E-state index in [1.165, 1.54) is 4.90 Å². The van der Waals surface area contributed by atoms with Gasteiger partial charge in [0.15, 0.2) is 5.11 Å². The number of furan rings is 1. The third-order valence-corrected chi connectivity index (χ3v) is 4.13. The van der Waals surface area contributed by atoms with Crippen LogP contribution in [0.25, 0.3) is 6.08 Å². The molecule has 0 radical (unpaired) electrons. The van der Waals surface area contributed by atoms with Crippen molar-refractivity contribution >= 4 is 52.5 Å². The molecule has 0 saturated carbocycles. The smallest absolute Gasteiger partial charge is 0.276 e. The summed E-state index contributed by atoms with van der Waals surface area (Å²) in [5.41, 5.74) is 0.899. The minimum absolute atomic E-state index is 0.252. The van der Waals surface area contributed by atoms with Crippen LogP contribution in [-0.2, 0) is 11.3 Å². The van der Waals surface area contributed by atoms with Gasteiger partial charge in [0, 0.05) is 15.6 Å². The van der Waals surface area contributed by atoms with Crippen molar-refractivity contribution in [2.24, 2.45) is 0 Å². The number of nitrogens with one attached hydrogen (secondary N) is 1. The van der Waals surface area contributed by atoms with Crippen molar-refractivity contribution in [1.29, 1.82) is 0 Å².